The number of nitrogens with two attached hydrogens (primary N) is 1. The van der Waals surface area contributed by atoms with Crippen molar-refractivity contribution in [2.75, 3.05) is 13.2 Å². The van der Waals surface area contributed by atoms with Gasteiger partial charge in [-0.3, -0.25) is 9.59 Å². The summed E-state index contributed by atoms with van der Waals surface area (Å²) in [6.07, 6.45) is 1.56. The van der Waals surface area contributed by atoms with Gasteiger partial charge in [0, 0.05) is 19.8 Å². The monoisotopic (exact) mass is 355 g/mol. The van der Waals surface area contributed by atoms with Crippen LogP contribution in [0.15, 0.2) is 30.3 Å². The van der Waals surface area contributed by atoms with Gasteiger partial charge in [0.2, 0.25) is 11.8 Å². The van der Waals surface area contributed by atoms with E-state index in [9.17, 15) is 9.59 Å². The standard InChI is InChI=1S/C17H25N3O3.ClH/c1-12(16(21)19-11-13-5-3-2-4-6-13)20-17(22)15(18)14-7-9-23-10-8-14;/h2-6,12,14-15H,7-11,18H2,1H3,(H,19,21)(H,20,22);1H. The summed E-state index contributed by atoms with van der Waals surface area (Å²) in [4.78, 5) is 24.2. The van der Waals surface area contributed by atoms with Crippen molar-refractivity contribution in [1.82, 2.24) is 10.6 Å². The lowest BCUT2D eigenvalue weighted by Gasteiger charge is -2.27. The van der Waals surface area contributed by atoms with Crippen LogP contribution < -0.4 is 16.4 Å². The zero-order valence-corrected chi connectivity index (χ0v) is 14.7. The molecule has 0 saturated carbocycles. The molecule has 6 nitrogen and oxygen atoms in total. The van der Waals surface area contributed by atoms with E-state index in [1.807, 2.05) is 30.3 Å². The predicted molar refractivity (Wildman–Crippen MR) is 94.7 cm³/mol. The van der Waals surface area contributed by atoms with Crippen molar-refractivity contribution in [3.05, 3.63) is 35.9 Å². The third kappa shape index (κ3) is 6.11. The molecule has 2 rings (SSSR count). The van der Waals surface area contributed by atoms with Gasteiger partial charge >= 0.3 is 0 Å². The minimum Gasteiger partial charge on any atom is -0.381 e. The first kappa shape index (κ1) is 20.4. The Hall–Kier alpha value is -1.63. The van der Waals surface area contributed by atoms with Crippen molar-refractivity contribution < 1.29 is 14.3 Å². The molecule has 2 unspecified atom stereocenters. The molecule has 1 aromatic rings. The summed E-state index contributed by atoms with van der Waals surface area (Å²) in [7, 11) is 0. The van der Waals surface area contributed by atoms with Gasteiger partial charge in [-0.15, -0.1) is 12.4 Å². The van der Waals surface area contributed by atoms with E-state index < -0.39 is 12.1 Å². The van der Waals surface area contributed by atoms with Gasteiger partial charge < -0.3 is 21.1 Å². The maximum absolute atomic E-state index is 12.2. The normalized spacial score (nSPS) is 17.2. The molecule has 134 valence electrons. The summed E-state index contributed by atoms with van der Waals surface area (Å²) in [5, 5.41) is 5.50. The van der Waals surface area contributed by atoms with E-state index in [0.29, 0.717) is 19.8 Å². The highest BCUT2D eigenvalue weighted by atomic mass is 35.5. The van der Waals surface area contributed by atoms with Crippen LogP contribution >= 0.6 is 12.4 Å². The number of ether oxygens (including phenoxy) is 1. The number of nitrogens with one attached hydrogen (secondary N) is 2. The minimum absolute atomic E-state index is 0. The van der Waals surface area contributed by atoms with Crippen LogP contribution in [0.25, 0.3) is 0 Å². The van der Waals surface area contributed by atoms with Gasteiger partial charge in [0.1, 0.15) is 6.04 Å². The van der Waals surface area contributed by atoms with Crippen molar-refractivity contribution in [3.8, 4) is 0 Å². The summed E-state index contributed by atoms with van der Waals surface area (Å²) in [6, 6.07) is 8.42. The lowest BCUT2D eigenvalue weighted by atomic mass is 9.91. The molecule has 2 amide bonds. The van der Waals surface area contributed by atoms with E-state index in [0.717, 1.165) is 18.4 Å². The van der Waals surface area contributed by atoms with Gasteiger partial charge in [0.15, 0.2) is 0 Å². The molecule has 0 bridgehead atoms. The molecule has 1 aliphatic rings. The van der Waals surface area contributed by atoms with E-state index in [-0.39, 0.29) is 30.1 Å². The van der Waals surface area contributed by atoms with Gasteiger partial charge in [0.25, 0.3) is 0 Å². The van der Waals surface area contributed by atoms with Crippen molar-refractivity contribution >= 4 is 24.2 Å². The van der Waals surface area contributed by atoms with Crippen molar-refractivity contribution in [3.63, 3.8) is 0 Å². The Morgan fingerprint density at radius 3 is 2.46 bits per heavy atom. The number of hydrogen-bond acceptors (Lipinski definition) is 4. The molecule has 0 aliphatic carbocycles. The van der Waals surface area contributed by atoms with Crippen molar-refractivity contribution in [1.29, 1.82) is 0 Å². The van der Waals surface area contributed by atoms with Crippen molar-refractivity contribution in [2.24, 2.45) is 11.7 Å². The Balaban J connectivity index is 0.00000288. The molecule has 1 aliphatic heterocycles. The highest BCUT2D eigenvalue weighted by Gasteiger charge is 2.28. The average molecular weight is 356 g/mol. The maximum atomic E-state index is 12.2. The second-order valence-electron chi connectivity index (χ2n) is 5.91. The van der Waals surface area contributed by atoms with Gasteiger partial charge in [-0.1, -0.05) is 30.3 Å². The SMILES string of the molecule is CC(NC(=O)C(N)C1CCOCC1)C(=O)NCc1ccccc1.Cl. The number of carbonyl (C=O) groups excluding carboxylic acids is 2. The number of halogens is 1. The third-order valence-electron chi connectivity index (χ3n) is 4.14. The second-order valence-corrected chi connectivity index (χ2v) is 5.91. The Bertz CT molecular complexity index is 521. The zero-order chi connectivity index (χ0) is 16.7. The predicted octanol–water partition coefficient (Wildman–Crippen LogP) is 0.983. The van der Waals surface area contributed by atoms with Gasteiger partial charge in [-0.25, -0.2) is 0 Å². The number of rotatable bonds is 6. The maximum Gasteiger partial charge on any atom is 0.242 e. The summed E-state index contributed by atoms with van der Waals surface area (Å²) < 4.78 is 5.27. The lowest BCUT2D eigenvalue weighted by molar-refractivity contribution is -0.130. The van der Waals surface area contributed by atoms with Gasteiger partial charge in [-0.05, 0) is 31.2 Å². The molecule has 4 N–H and O–H groups in total. The first-order chi connectivity index (χ1) is 11.1. The highest BCUT2D eigenvalue weighted by Crippen LogP contribution is 2.17. The molecular weight excluding hydrogens is 330 g/mol. The lowest BCUT2D eigenvalue weighted by Crippen LogP contribution is -2.53. The van der Waals surface area contributed by atoms with Crippen LogP contribution in [0.3, 0.4) is 0 Å². The van der Waals surface area contributed by atoms with Crippen LogP contribution in [0.5, 0.6) is 0 Å². The first-order valence-electron chi connectivity index (χ1n) is 8.03. The first-order valence-corrected chi connectivity index (χ1v) is 8.03. The summed E-state index contributed by atoms with van der Waals surface area (Å²) in [5.74, 6) is -0.385. The molecule has 1 fully saturated rings. The molecule has 0 radical (unpaired) electrons. The Morgan fingerprint density at radius 2 is 1.83 bits per heavy atom. The number of carbonyl (C=O) groups is 2. The largest absolute Gasteiger partial charge is 0.381 e. The minimum atomic E-state index is -0.614. The van der Waals surface area contributed by atoms with E-state index in [2.05, 4.69) is 10.6 Å². The van der Waals surface area contributed by atoms with Crippen LogP contribution in [0.4, 0.5) is 0 Å². The quantitative estimate of drug-likeness (QED) is 0.709. The molecule has 1 saturated heterocycles. The Labute approximate surface area is 148 Å². The fourth-order valence-corrected chi connectivity index (χ4v) is 2.60. The second kappa shape index (κ2) is 10.3. The van der Waals surface area contributed by atoms with Crippen molar-refractivity contribution in [2.45, 2.75) is 38.4 Å². The summed E-state index contributed by atoms with van der Waals surface area (Å²) in [5.41, 5.74) is 7.02. The molecular formula is C17H26ClN3O3. The zero-order valence-electron chi connectivity index (χ0n) is 13.9. The fourth-order valence-electron chi connectivity index (χ4n) is 2.60. The summed E-state index contributed by atoms with van der Waals surface area (Å²) in [6.45, 7) is 3.37. The molecule has 1 heterocycles. The molecule has 24 heavy (non-hydrogen) atoms. The highest BCUT2D eigenvalue weighted by molar-refractivity contribution is 5.89. The van der Waals surface area contributed by atoms with E-state index in [1.165, 1.54) is 0 Å². The molecule has 0 spiro atoms. The van der Waals surface area contributed by atoms with Gasteiger partial charge in [-0.2, -0.15) is 0 Å². The molecule has 1 aromatic carbocycles. The molecule has 7 heteroatoms. The van der Waals surface area contributed by atoms with Gasteiger partial charge in [0.05, 0.1) is 6.04 Å². The molecule has 0 aromatic heterocycles. The Morgan fingerprint density at radius 1 is 1.21 bits per heavy atom. The van der Waals surface area contributed by atoms with Crippen LogP contribution in [-0.2, 0) is 20.9 Å². The third-order valence-corrected chi connectivity index (χ3v) is 4.14. The molecule has 2 atom stereocenters. The smallest absolute Gasteiger partial charge is 0.242 e. The topological polar surface area (TPSA) is 93.5 Å². The number of hydrogen-bond donors (Lipinski definition) is 3. The van der Waals surface area contributed by atoms with Crippen LogP contribution in [0, 0.1) is 5.92 Å². The van der Waals surface area contributed by atoms with Crippen LogP contribution in [-0.4, -0.2) is 37.1 Å². The number of benzene rings is 1. The Kier molecular flexibility index (Phi) is 8.74. The summed E-state index contributed by atoms with van der Waals surface area (Å²) >= 11 is 0. The van der Waals surface area contributed by atoms with E-state index in [1.54, 1.807) is 6.92 Å². The van der Waals surface area contributed by atoms with Crippen LogP contribution in [0.1, 0.15) is 25.3 Å². The van der Waals surface area contributed by atoms with E-state index in [4.69, 9.17) is 10.5 Å². The fraction of sp³-hybridized carbons (Fsp3) is 0.529. The average Bonchev–Trinajstić information content (AvgIpc) is 2.60. The number of amides is 2. The van der Waals surface area contributed by atoms with E-state index >= 15 is 0 Å². The van der Waals surface area contributed by atoms with Crippen LogP contribution in [0.2, 0.25) is 0 Å².